The molecule has 0 aliphatic carbocycles. The van der Waals surface area contributed by atoms with Crippen molar-refractivity contribution in [3.8, 4) is 5.75 Å². The summed E-state index contributed by atoms with van der Waals surface area (Å²) in [7, 11) is 1.64. The first-order valence-electron chi connectivity index (χ1n) is 9.97. The van der Waals surface area contributed by atoms with E-state index in [2.05, 4.69) is 5.10 Å². The van der Waals surface area contributed by atoms with Crippen LogP contribution in [0.1, 0.15) is 54.8 Å². The zero-order valence-electron chi connectivity index (χ0n) is 17.0. The Balaban J connectivity index is 1.80. The number of nitrogens with zero attached hydrogens (tertiary/aromatic N) is 3. The van der Waals surface area contributed by atoms with Gasteiger partial charge in [-0.25, -0.2) is 4.68 Å². The van der Waals surface area contributed by atoms with Crippen molar-refractivity contribution in [2.75, 3.05) is 13.7 Å². The molecule has 0 spiro atoms. The van der Waals surface area contributed by atoms with Gasteiger partial charge in [0, 0.05) is 11.9 Å². The van der Waals surface area contributed by atoms with Crippen LogP contribution in [-0.4, -0.2) is 34.2 Å². The summed E-state index contributed by atoms with van der Waals surface area (Å²) in [4.78, 5) is 28.3. The largest absolute Gasteiger partial charge is 0.497 e. The van der Waals surface area contributed by atoms with E-state index in [1.807, 2.05) is 55.1 Å². The number of amides is 1. The number of carbonyl (C=O) groups excluding carboxylic acids is 1. The summed E-state index contributed by atoms with van der Waals surface area (Å²) in [5.41, 5.74) is 1.22. The molecular weight excluding hydrogens is 366 g/mol. The molecule has 1 unspecified atom stereocenters. The molecule has 29 heavy (non-hydrogen) atoms. The number of hydrogen-bond donors (Lipinski definition) is 0. The van der Waals surface area contributed by atoms with Gasteiger partial charge < -0.3 is 9.64 Å². The number of benzene rings is 2. The van der Waals surface area contributed by atoms with Crippen LogP contribution in [0.3, 0.4) is 0 Å². The second-order valence-corrected chi connectivity index (χ2v) is 7.67. The van der Waals surface area contributed by atoms with Crippen molar-refractivity contribution in [3.05, 3.63) is 70.1 Å². The first kappa shape index (κ1) is 19.2. The van der Waals surface area contributed by atoms with Crippen molar-refractivity contribution in [2.24, 2.45) is 0 Å². The number of hydrogen-bond acceptors (Lipinski definition) is 4. The van der Waals surface area contributed by atoms with Crippen LogP contribution in [0, 0.1) is 0 Å². The third kappa shape index (κ3) is 3.39. The molecule has 0 N–H and O–H groups in total. The Morgan fingerprint density at radius 3 is 2.62 bits per heavy atom. The van der Waals surface area contributed by atoms with Gasteiger partial charge in [0.1, 0.15) is 5.75 Å². The molecule has 4 rings (SSSR count). The Kier molecular flexibility index (Phi) is 5.09. The van der Waals surface area contributed by atoms with E-state index in [-0.39, 0.29) is 23.6 Å². The SMILES string of the molecule is COc1cccc(C2CCCN2C(=O)c2nn(C(C)C)c(=O)c3ccccc23)c1. The number of rotatable bonds is 4. The molecule has 1 amide bonds. The van der Waals surface area contributed by atoms with E-state index in [4.69, 9.17) is 4.74 Å². The molecule has 0 saturated carbocycles. The third-order valence-electron chi connectivity index (χ3n) is 5.51. The molecule has 1 fully saturated rings. The summed E-state index contributed by atoms with van der Waals surface area (Å²) < 4.78 is 6.76. The fraction of sp³-hybridized carbons (Fsp3) is 0.348. The van der Waals surface area contributed by atoms with Gasteiger partial charge in [-0.2, -0.15) is 5.10 Å². The lowest BCUT2D eigenvalue weighted by Crippen LogP contribution is -2.34. The highest BCUT2D eigenvalue weighted by atomic mass is 16.5. The van der Waals surface area contributed by atoms with Crippen LogP contribution < -0.4 is 10.3 Å². The smallest absolute Gasteiger partial charge is 0.275 e. The Morgan fingerprint density at radius 1 is 1.14 bits per heavy atom. The van der Waals surface area contributed by atoms with E-state index in [9.17, 15) is 9.59 Å². The molecule has 1 atom stereocenters. The van der Waals surface area contributed by atoms with Gasteiger partial charge in [0.15, 0.2) is 5.69 Å². The summed E-state index contributed by atoms with van der Waals surface area (Å²) in [6.45, 7) is 4.45. The molecule has 3 aromatic rings. The topological polar surface area (TPSA) is 64.4 Å². The van der Waals surface area contributed by atoms with Crippen LogP contribution in [0.4, 0.5) is 0 Å². The van der Waals surface area contributed by atoms with E-state index < -0.39 is 0 Å². The molecule has 1 aliphatic heterocycles. The molecule has 1 aliphatic rings. The van der Waals surface area contributed by atoms with Gasteiger partial charge in [-0.05, 0) is 50.5 Å². The highest BCUT2D eigenvalue weighted by Crippen LogP contribution is 2.35. The average molecular weight is 391 g/mol. The quantitative estimate of drug-likeness (QED) is 0.675. The summed E-state index contributed by atoms with van der Waals surface area (Å²) in [5, 5.41) is 5.63. The maximum Gasteiger partial charge on any atom is 0.275 e. The van der Waals surface area contributed by atoms with E-state index >= 15 is 0 Å². The molecule has 0 bridgehead atoms. The van der Waals surface area contributed by atoms with Gasteiger partial charge in [0.25, 0.3) is 11.5 Å². The van der Waals surface area contributed by atoms with Crippen molar-refractivity contribution in [2.45, 2.75) is 38.8 Å². The monoisotopic (exact) mass is 391 g/mol. The van der Waals surface area contributed by atoms with E-state index in [0.717, 1.165) is 24.2 Å². The van der Waals surface area contributed by atoms with Crippen molar-refractivity contribution >= 4 is 16.7 Å². The van der Waals surface area contributed by atoms with Gasteiger partial charge in [0.2, 0.25) is 0 Å². The highest BCUT2D eigenvalue weighted by molar-refractivity contribution is 6.05. The van der Waals surface area contributed by atoms with Crippen LogP contribution in [0.5, 0.6) is 5.75 Å². The lowest BCUT2D eigenvalue weighted by Gasteiger charge is -2.26. The second-order valence-electron chi connectivity index (χ2n) is 7.67. The molecule has 6 heteroatoms. The average Bonchev–Trinajstić information content (AvgIpc) is 3.23. The first-order valence-corrected chi connectivity index (χ1v) is 9.97. The fourth-order valence-corrected chi connectivity index (χ4v) is 4.06. The number of ether oxygens (including phenoxy) is 1. The number of aromatic nitrogens is 2. The fourth-order valence-electron chi connectivity index (χ4n) is 4.06. The molecular formula is C23H25N3O3. The summed E-state index contributed by atoms with van der Waals surface area (Å²) in [6.07, 6.45) is 1.82. The van der Waals surface area contributed by atoms with Crippen molar-refractivity contribution in [1.82, 2.24) is 14.7 Å². The summed E-state index contributed by atoms with van der Waals surface area (Å²) in [5.74, 6) is 0.639. The lowest BCUT2D eigenvalue weighted by molar-refractivity contribution is 0.0728. The maximum atomic E-state index is 13.6. The Hall–Kier alpha value is -3.15. The summed E-state index contributed by atoms with van der Waals surface area (Å²) >= 11 is 0. The third-order valence-corrected chi connectivity index (χ3v) is 5.51. The van der Waals surface area contributed by atoms with Crippen LogP contribution in [-0.2, 0) is 0 Å². The molecule has 2 aromatic carbocycles. The van der Waals surface area contributed by atoms with Crippen LogP contribution in [0.15, 0.2) is 53.3 Å². The van der Waals surface area contributed by atoms with Crippen molar-refractivity contribution in [1.29, 1.82) is 0 Å². The van der Waals surface area contributed by atoms with Gasteiger partial charge in [-0.3, -0.25) is 9.59 Å². The number of methoxy groups -OCH3 is 1. The van der Waals surface area contributed by atoms with Crippen LogP contribution >= 0.6 is 0 Å². The second kappa shape index (κ2) is 7.70. The summed E-state index contributed by atoms with van der Waals surface area (Å²) in [6, 6.07) is 14.9. The van der Waals surface area contributed by atoms with Crippen molar-refractivity contribution < 1.29 is 9.53 Å². The van der Waals surface area contributed by atoms with Gasteiger partial charge in [-0.1, -0.05) is 30.3 Å². The highest BCUT2D eigenvalue weighted by Gasteiger charge is 2.33. The number of likely N-dealkylation sites (tertiary alicyclic amines) is 1. The number of carbonyl (C=O) groups is 1. The maximum absolute atomic E-state index is 13.6. The Morgan fingerprint density at radius 2 is 1.90 bits per heavy atom. The van der Waals surface area contributed by atoms with Gasteiger partial charge in [-0.15, -0.1) is 0 Å². The minimum Gasteiger partial charge on any atom is -0.497 e. The van der Waals surface area contributed by atoms with Crippen LogP contribution in [0.2, 0.25) is 0 Å². The minimum atomic E-state index is -0.169. The standard InChI is InChI=1S/C23H25N3O3/c1-15(2)26-22(27)19-11-5-4-10-18(19)21(24-26)23(28)25-13-7-12-20(25)16-8-6-9-17(14-16)29-3/h4-6,8-11,14-15,20H,7,12-13H2,1-3H3. The van der Waals surface area contributed by atoms with Gasteiger partial charge in [0.05, 0.1) is 24.6 Å². The van der Waals surface area contributed by atoms with Crippen molar-refractivity contribution in [3.63, 3.8) is 0 Å². The zero-order valence-corrected chi connectivity index (χ0v) is 17.0. The molecule has 2 heterocycles. The van der Waals surface area contributed by atoms with E-state index in [0.29, 0.717) is 23.0 Å². The molecule has 1 saturated heterocycles. The van der Waals surface area contributed by atoms with E-state index in [1.165, 1.54) is 4.68 Å². The van der Waals surface area contributed by atoms with Gasteiger partial charge >= 0.3 is 0 Å². The normalized spacial score (nSPS) is 16.6. The Bertz CT molecular complexity index is 1120. The molecule has 6 nitrogen and oxygen atoms in total. The predicted molar refractivity (Wildman–Crippen MR) is 112 cm³/mol. The van der Waals surface area contributed by atoms with E-state index in [1.54, 1.807) is 19.2 Å². The zero-order chi connectivity index (χ0) is 20.5. The van der Waals surface area contributed by atoms with Crippen LogP contribution in [0.25, 0.3) is 10.8 Å². The predicted octanol–water partition coefficient (Wildman–Crippen LogP) is 3.96. The number of fused-ring (bicyclic) bond motifs is 1. The molecule has 150 valence electrons. The lowest BCUT2D eigenvalue weighted by atomic mass is 10.0. The first-order chi connectivity index (χ1) is 14.0. The molecule has 1 aromatic heterocycles. The minimum absolute atomic E-state index is 0.0300. The molecule has 0 radical (unpaired) electrons. The Labute approximate surface area is 169 Å².